The fourth-order valence-corrected chi connectivity index (χ4v) is 5.15. The Morgan fingerprint density at radius 1 is 1.14 bits per heavy atom. The molecular weight excluding hydrogens is 391 g/mol. The van der Waals surface area contributed by atoms with E-state index >= 15 is 0 Å². The molecule has 1 aliphatic carbocycles. The number of anilines is 1. The first-order chi connectivity index (χ1) is 13.8. The summed E-state index contributed by atoms with van der Waals surface area (Å²) in [7, 11) is -3.85. The van der Waals surface area contributed by atoms with E-state index in [1.165, 1.54) is 6.07 Å². The van der Waals surface area contributed by atoms with Gasteiger partial charge in [0, 0.05) is 11.7 Å². The lowest BCUT2D eigenvalue weighted by molar-refractivity contribution is 0.102. The number of carbonyl (C=O) groups excluding carboxylic acids is 1. The molecule has 0 spiro atoms. The van der Waals surface area contributed by atoms with Crippen LogP contribution >= 0.6 is 0 Å². The number of sulfonamides is 1. The Kier molecular flexibility index (Phi) is 6.70. The average Bonchev–Trinajstić information content (AvgIpc) is 2.70. The lowest BCUT2D eigenvalue weighted by Gasteiger charge is -2.29. The van der Waals surface area contributed by atoms with Crippen molar-refractivity contribution in [2.24, 2.45) is 5.92 Å². The molecule has 2 unspecified atom stereocenters. The second-order valence-corrected chi connectivity index (χ2v) is 9.31. The zero-order valence-corrected chi connectivity index (χ0v) is 17.6. The molecule has 7 heteroatoms. The molecular formula is C22H27FN2O3S. The highest BCUT2D eigenvalue weighted by Crippen LogP contribution is 2.26. The fourth-order valence-electron chi connectivity index (χ4n) is 3.74. The standard InChI is InChI=1S/C22H27FN2O3S/c1-3-16-9-5-7-11-21(16)24-22(26)18-14-17(12-13-19(18)23)29(27,28)25-20-10-6-4-8-15(20)2/h5,7,9,11-15,20,25H,3-4,6,8,10H2,1-2H3,(H,24,26). The summed E-state index contributed by atoms with van der Waals surface area (Å²) in [6.07, 6.45) is 4.53. The Labute approximate surface area is 171 Å². The highest BCUT2D eigenvalue weighted by atomic mass is 32.2. The SMILES string of the molecule is CCc1ccccc1NC(=O)c1cc(S(=O)(=O)NC2CCCCC2C)ccc1F. The molecule has 1 amide bonds. The molecule has 2 aromatic carbocycles. The minimum atomic E-state index is -3.85. The van der Waals surface area contributed by atoms with Crippen molar-refractivity contribution >= 4 is 21.6 Å². The van der Waals surface area contributed by atoms with Crippen LogP contribution in [0.25, 0.3) is 0 Å². The van der Waals surface area contributed by atoms with Gasteiger partial charge in [-0.2, -0.15) is 0 Å². The first-order valence-corrected chi connectivity index (χ1v) is 11.5. The molecule has 1 fully saturated rings. The summed E-state index contributed by atoms with van der Waals surface area (Å²) >= 11 is 0. The summed E-state index contributed by atoms with van der Waals surface area (Å²) < 4.78 is 42.7. The van der Waals surface area contributed by atoms with Crippen LogP contribution in [0, 0.1) is 11.7 Å². The number of para-hydroxylation sites is 1. The lowest BCUT2D eigenvalue weighted by Crippen LogP contribution is -2.41. The van der Waals surface area contributed by atoms with E-state index in [0.29, 0.717) is 12.1 Å². The van der Waals surface area contributed by atoms with Crippen molar-refractivity contribution in [3.63, 3.8) is 0 Å². The van der Waals surface area contributed by atoms with Crippen LogP contribution in [-0.2, 0) is 16.4 Å². The maximum Gasteiger partial charge on any atom is 0.258 e. The maximum absolute atomic E-state index is 14.3. The summed E-state index contributed by atoms with van der Waals surface area (Å²) in [6, 6.07) is 10.4. The first-order valence-electron chi connectivity index (χ1n) is 10.0. The van der Waals surface area contributed by atoms with E-state index in [1.54, 1.807) is 12.1 Å². The van der Waals surface area contributed by atoms with Gasteiger partial charge in [-0.05, 0) is 55.0 Å². The molecule has 2 N–H and O–H groups in total. The van der Waals surface area contributed by atoms with Crippen molar-refractivity contribution in [3.8, 4) is 0 Å². The van der Waals surface area contributed by atoms with Crippen LogP contribution in [0.2, 0.25) is 0 Å². The van der Waals surface area contributed by atoms with Crippen molar-refractivity contribution in [1.82, 2.24) is 4.72 Å². The van der Waals surface area contributed by atoms with Gasteiger partial charge in [-0.1, -0.05) is 44.9 Å². The number of hydrogen-bond donors (Lipinski definition) is 2. The van der Waals surface area contributed by atoms with E-state index in [4.69, 9.17) is 0 Å². The zero-order chi connectivity index (χ0) is 21.0. The summed E-state index contributed by atoms with van der Waals surface area (Å²) in [4.78, 5) is 12.6. The number of halogens is 1. The third-order valence-corrected chi connectivity index (χ3v) is 7.04. The predicted molar refractivity (Wildman–Crippen MR) is 112 cm³/mol. The zero-order valence-electron chi connectivity index (χ0n) is 16.7. The van der Waals surface area contributed by atoms with Gasteiger partial charge in [-0.25, -0.2) is 17.5 Å². The van der Waals surface area contributed by atoms with Crippen LogP contribution in [0.1, 0.15) is 55.5 Å². The van der Waals surface area contributed by atoms with E-state index in [1.807, 2.05) is 26.0 Å². The van der Waals surface area contributed by atoms with Crippen LogP contribution in [0.15, 0.2) is 47.4 Å². The van der Waals surface area contributed by atoms with Crippen molar-refractivity contribution in [3.05, 3.63) is 59.4 Å². The smallest absolute Gasteiger partial charge is 0.258 e. The molecule has 0 bridgehead atoms. The van der Waals surface area contributed by atoms with Gasteiger partial charge in [-0.15, -0.1) is 0 Å². The normalized spacial score (nSPS) is 19.7. The summed E-state index contributed by atoms with van der Waals surface area (Å²) in [6.45, 7) is 3.98. The number of hydrogen-bond acceptors (Lipinski definition) is 3. The van der Waals surface area contributed by atoms with Crippen LogP contribution in [0.4, 0.5) is 10.1 Å². The van der Waals surface area contributed by atoms with Gasteiger partial charge in [0.15, 0.2) is 0 Å². The van der Waals surface area contributed by atoms with Crippen LogP contribution in [0.5, 0.6) is 0 Å². The number of carbonyl (C=O) groups is 1. The number of amides is 1. The Balaban J connectivity index is 1.84. The second-order valence-electron chi connectivity index (χ2n) is 7.60. The van der Waals surface area contributed by atoms with Gasteiger partial charge in [0.2, 0.25) is 10.0 Å². The largest absolute Gasteiger partial charge is 0.322 e. The summed E-state index contributed by atoms with van der Waals surface area (Å²) in [5.74, 6) is -1.19. The lowest BCUT2D eigenvalue weighted by atomic mass is 9.87. The van der Waals surface area contributed by atoms with Gasteiger partial charge in [0.1, 0.15) is 5.82 Å². The minimum absolute atomic E-state index is 0.106. The fraction of sp³-hybridized carbons (Fsp3) is 0.409. The van der Waals surface area contributed by atoms with Gasteiger partial charge in [0.05, 0.1) is 10.5 Å². The van der Waals surface area contributed by atoms with Crippen molar-refractivity contribution in [2.45, 2.75) is 56.9 Å². The number of benzene rings is 2. The molecule has 0 aromatic heterocycles. The topological polar surface area (TPSA) is 75.3 Å². The monoisotopic (exact) mass is 418 g/mol. The molecule has 156 valence electrons. The third kappa shape index (κ3) is 5.03. The van der Waals surface area contributed by atoms with E-state index in [-0.39, 0.29) is 22.4 Å². The predicted octanol–water partition coefficient (Wildman–Crippen LogP) is 4.50. The first kappa shape index (κ1) is 21.5. The molecule has 0 radical (unpaired) electrons. The molecule has 0 heterocycles. The van der Waals surface area contributed by atoms with Crippen molar-refractivity contribution in [2.75, 3.05) is 5.32 Å². The molecule has 2 atom stereocenters. The molecule has 3 rings (SSSR count). The number of aryl methyl sites for hydroxylation is 1. The average molecular weight is 419 g/mol. The Bertz CT molecular complexity index is 991. The van der Waals surface area contributed by atoms with Crippen LogP contribution in [-0.4, -0.2) is 20.4 Å². The van der Waals surface area contributed by atoms with E-state index in [2.05, 4.69) is 10.0 Å². The van der Waals surface area contributed by atoms with Gasteiger partial charge >= 0.3 is 0 Å². The number of rotatable bonds is 6. The van der Waals surface area contributed by atoms with Crippen molar-refractivity contribution in [1.29, 1.82) is 0 Å². The van der Waals surface area contributed by atoms with Crippen LogP contribution in [0.3, 0.4) is 0 Å². The molecule has 5 nitrogen and oxygen atoms in total. The quantitative estimate of drug-likeness (QED) is 0.725. The molecule has 0 saturated heterocycles. The number of nitrogens with one attached hydrogen (secondary N) is 2. The molecule has 29 heavy (non-hydrogen) atoms. The van der Waals surface area contributed by atoms with Gasteiger partial charge < -0.3 is 5.32 Å². The second kappa shape index (κ2) is 9.05. The Hall–Kier alpha value is -2.25. The highest BCUT2D eigenvalue weighted by molar-refractivity contribution is 7.89. The third-order valence-electron chi connectivity index (χ3n) is 5.56. The molecule has 1 saturated carbocycles. The van der Waals surface area contributed by atoms with Gasteiger partial charge in [0.25, 0.3) is 5.91 Å². The summed E-state index contributed by atoms with van der Waals surface area (Å²) in [5, 5.41) is 2.69. The highest BCUT2D eigenvalue weighted by Gasteiger charge is 2.27. The molecule has 0 aliphatic heterocycles. The summed E-state index contributed by atoms with van der Waals surface area (Å²) in [5.41, 5.74) is 1.20. The van der Waals surface area contributed by atoms with E-state index in [0.717, 1.165) is 43.4 Å². The van der Waals surface area contributed by atoms with Crippen molar-refractivity contribution < 1.29 is 17.6 Å². The molecule has 2 aromatic rings. The molecule has 1 aliphatic rings. The van der Waals surface area contributed by atoms with Gasteiger partial charge in [-0.3, -0.25) is 4.79 Å². The van der Waals surface area contributed by atoms with Crippen LogP contribution < -0.4 is 10.0 Å². The minimum Gasteiger partial charge on any atom is -0.322 e. The van der Waals surface area contributed by atoms with E-state index < -0.39 is 21.7 Å². The van der Waals surface area contributed by atoms with E-state index in [9.17, 15) is 17.6 Å². The Morgan fingerprint density at radius 3 is 2.59 bits per heavy atom. The Morgan fingerprint density at radius 2 is 1.86 bits per heavy atom. The maximum atomic E-state index is 14.3.